The van der Waals surface area contributed by atoms with E-state index >= 15 is 0 Å². The Balaban J connectivity index is 1.59. The molecule has 1 N–H and O–H groups in total. The number of allylic oxidation sites excluding steroid dienone is 2. The lowest BCUT2D eigenvalue weighted by Crippen LogP contribution is -2.28. The lowest BCUT2D eigenvalue weighted by molar-refractivity contribution is -0.140. The van der Waals surface area contributed by atoms with E-state index in [4.69, 9.17) is 4.74 Å². The summed E-state index contributed by atoms with van der Waals surface area (Å²) in [6.45, 7) is 2.22. The maximum Gasteiger partial charge on any atom is 0.254 e. The number of aromatic hydroxyl groups is 1. The van der Waals surface area contributed by atoms with E-state index in [0.717, 1.165) is 11.4 Å². The Morgan fingerprint density at radius 1 is 1.28 bits per heavy atom. The van der Waals surface area contributed by atoms with Crippen molar-refractivity contribution in [3.8, 4) is 11.5 Å². The van der Waals surface area contributed by atoms with Crippen molar-refractivity contribution in [2.24, 2.45) is 28.8 Å². The van der Waals surface area contributed by atoms with Crippen LogP contribution in [0.5, 0.6) is 11.5 Å². The summed E-state index contributed by atoms with van der Waals surface area (Å²) in [4.78, 5) is 25.2. The highest BCUT2D eigenvalue weighted by Gasteiger charge is 2.59. The number of halogens is 1. The zero-order chi connectivity index (χ0) is 17.7. The Hall–Kier alpha value is -2.15. The number of hydrogen-bond donors (Lipinski definition) is 1. The number of carbonyl (C=O) groups is 2. The van der Waals surface area contributed by atoms with E-state index in [1.807, 2.05) is 6.92 Å². The van der Waals surface area contributed by atoms with Crippen molar-refractivity contribution in [3.05, 3.63) is 34.3 Å². The fourth-order valence-electron chi connectivity index (χ4n) is 4.06. The number of hydrogen-bond acceptors (Lipinski definition) is 5. The van der Waals surface area contributed by atoms with Crippen LogP contribution in [0.1, 0.15) is 18.9 Å². The van der Waals surface area contributed by atoms with Gasteiger partial charge in [0.25, 0.3) is 11.8 Å². The first kappa shape index (κ1) is 16.3. The maximum absolute atomic E-state index is 12.6. The van der Waals surface area contributed by atoms with Gasteiger partial charge in [-0.05, 0) is 58.8 Å². The molecule has 4 rings (SSSR count). The van der Waals surface area contributed by atoms with Crippen LogP contribution in [0.4, 0.5) is 0 Å². The van der Waals surface area contributed by atoms with E-state index in [0.29, 0.717) is 22.4 Å². The molecule has 7 heteroatoms. The molecule has 1 aromatic rings. The van der Waals surface area contributed by atoms with Gasteiger partial charge in [0, 0.05) is 0 Å². The van der Waals surface area contributed by atoms with Gasteiger partial charge in [0.05, 0.1) is 29.1 Å². The third-order valence-electron chi connectivity index (χ3n) is 5.12. The van der Waals surface area contributed by atoms with E-state index in [9.17, 15) is 14.7 Å². The number of phenols is 1. The summed E-state index contributed by atoms with van der Waals surface area (Å²) in [7, 11) is 0. The molecule has 3 aliphatic rings. The third-order valence-corrected chi connectivity index (χ3v) is 5.72. The number of benzene rings is 1. The van der Waals surface area contributed by atoms with Crippen LogP contribution in [-0.2, 0) is 9.59 Å². The quantitative estimate of drug-likeness (QED) is 0.475. The van der Waals surface area contributed by atoms with Gasteiger partial charge in [-0.15, -0.1) is 0 Å². The van der Waals surface area contributed by atoms with Gasteiger partial charge in [0.1, 0.15) is 0 Å². The van der Waals surface area contributed by atoms with E-state index in [-0.39, 0.29) is 41.2 Å². The maximum atomic E-state index is 12.6. The highest BCUT2D eigenvalue weighted by molar-refractivity contribution is 9.10. The predicted molar refractivity (Wildman–Crippen MR) is 94.1 cm³/mol. The first-order valence-corrected chi connectivity index (χ1v) is 9.06. The molecule has 2 aliphatic carbocycles. The average molecular weight is 405 g/mol. The van der Waals surface area contributed by atoms with Crippen molar-refractivity contribution in [1.82, 2.24) is 5.01 Å². The number of phenolic OH excluding ortho intramolecular Hbond substituents is 1. The van der Waals surface area contributed by atoms with Crippen LogP contribution in [-0.4, -0.2) is 34.8 Å². The highest BCUT2D eigenvalue weighted by atomic mass is 79.9. The van der Waals surface area contributed by atoms with Crippen molar-refractivity contribution < 1.29 is 19.4 Å². The van der Waals surface area contributed by atoms with Crippen LogP contribution >= 0.6 is 15.9 Å². The summed E-state index contributed by atoms with van der Waals surface area (Å²) in [5.74, 6) is -0.300. The van der Waals surface area contributed by atoms with Crippen molar-refractivity contribution in [2.45, 2.75) is 13.3 Å². The standard InChI is InChI=1S/C18H17BrN2O4/c1-2-25-13-6-9(5-12(19)16(13)22)8-20-21-17(23)14-10-3-4-11(7-10)15(14)18(21)24/h3-6,8,10-11,14-15,22H,2,7H2,1H3/b20-8-/t10-,11-,14-,15+/m0/s1. The van der Waals surface area contributed by atoms with Crippen LogP contribution < -0.4 is 4.74 Å². The summed E-state index contributed by atoms with van der Waals surface area (Å²) < 4.78 is 5.83. The molecule has 2 fully saturated rings. The summed E-state index contributed by atoms with van der Waals surface area (Å²) in [6.07, 6.45) is 6.44. The Labute approximate surface area is 153 Å². The normalized spacial score (nSPS) is 29.9. The molecule has 6 nitrogen and oxygen atoms in total. The van der Waals surface area contributed by atoms with Crippen molar-refractivity contribution >= 4 is 34.0 Å². The molecule has 1 heterocycles. The van der Waals surface area contributed by atoms with Gasteiger partial charge in [0.15, 0.2) is 11.5 Å². The zero-order valence-corrected chi connectivity index (χ0v) is 15.1. The Bertz CT molecular complexity index is 790. The smallest absolute Gasteiger partial charge is 0.254 e. The lowest BCUT2D eigenvalue weighted by atomic mass is 9.85. The highest BCUT2D eigenvalue weighted by Crippen LogP contribution is 2.52. The summed E-state index contributed by atoms with van der Waals surface area (Å²) in [5.41, 5.74) is 0.617. The van der Waals surface area contributed by atoms with Crippen LogP contribution in [0.15, 0.2) is 33.9 Å². The predicted octanol–water partition coefficient (Wildman–Crippen LogP) is 2.69. The zero-order valence-electron chi connectivity index (χ0n) is 13.6. The first-order chi connectivity index (χ1) is 12.0. The molecule has 1 saturated heterocycles. The van der Waals surface area contributed by atoms with Crippen molar-refractivity contribution in [2.75, 3.05) is 6.61 Å². The molecule has 130 valence electrons. The molecule has 0 spiro atoms. The van der Waals surface area contributed by atoms with Gasteiger partial charge >= 0.3 is 0 Å². The monoisotopic (exact) mass is 404 g/mol. The number of rotatable bonds is 4. The van der Waals surface area contributed by atoms with Gasteiger partial charge in [-0.3, -0.25) is 9.59 Å². The molecule has 0 aromatic heterocycles. The molecule has 0 radical (unpaired) electrons. The number of hydrazone groups is 1. The molecule has 4 atom stereocenters. The third kappa shape index (κ3) is 2.49. The Morgan fingerprint density at radius 3 is 2.52 bits per heavy atom. The largest absolute Gasteiger partial charge is 0.503 e. The van der Waals surface area contributed by atoms with Crippen LogP contribution in [0.25, 0.3) is 0 Å². The Morgan fingerprint density at radius 2 is 1.92 bits per heavy atom. The molecule has 0 unspecified atom stereocenters. The number of nitrogens with zero attached hydrogens (tertiary/aromatic N) is 2. The fourth-order valence-corrected chi connectivity index (χ4v) is 4.52. The Kier molecular flexibility index (Phi) is 3.91. The number of amides is 2. The summed E-state index contributed by atoms with van der Waals surface area (Å²) in [5, 5.41) is 15.1. The molecular formula is C18H17BrN2O4. The number of ether oxygens (including phenoxy) is 1. The van der Waals surface area contributed by atoms with Gasteiger partial charge in [0.2, 0.25) is 0 Å². The minimum atomic E-state index is -0.259. The molecular weight excluding hydrogens is 388 g/mol. The second-order valence-electron chi connectivity index (χ2n) is 6.52. The fraction of sp³-hybridized carbons (Fsp3) is 0.389. The SMILES string of the molecule is CCOc1cc(/C=N\N2C(=O)[C@@H]3[C@H](C2=O)[C@H]2C=C[C@H]3C2)cc(Br)c1O. The van der Waals surface area contributed by atoms with Crippen molar-refractivity contribution in [1.29, 1.82) is 0 Å². The molecule has 2 bridgehead atoms. The van der Waals surface area contributed by atoms with Crippen molar-refractivity contribution in [3.63, 3.8) is 0 Å². The second-order valence-corrected chi connectivity index (χ2v) is 7.37. The van der Waals surface area contributed by atoms with E-state index in [1.54, 1.807) is 12.1 Å². The summed E-state index contributed by atoms with van der Waals surface area (Å²) in [6, 6.07) is 3.27. The molecule has 25 heavy (non-hydrogen) atoms. The average Bonchev–Trinajstić information content (AvgIpc) is 3.25. The topological polar surface area (TPSA) is 79.2 Å². The van der Waals surface area contributed by atoms with E-state index < -0.39 is 0 Å². The van der Waals surface area contributed by atoms with Crippen LogP contribution in [0.3, 0.4) is 0 Å². The van der Waals surface area contributed by atoms with E-state index in [2.05, 4.69) is 33.2 Å². The molecule has 1 aliphatic heterocycles. The first-order valence-electron chi connectivity index (χ1n) is 8.26. The number of fused-ring (bicyclic) bond motifs is 5. The number of carbonyl (C=O) groups excluding carboxylic acids is 2. The molecule has 2 amide bonds. The minimum absolute atomic E-state index is 0.00417. The molecule has 1 saturated carbocycles. The lowest BCUT2D eigenvalue weighted by Gasteiger charge is -2.13. The van der Waals surface area contributed by atoms with Gasteiger partial charge in [-0.25, -0.2) is 0 Å². The number of imide groups is 1. The second kappa shape index (κ2) is 5.98. The summed E-state index contributed by atoms with van der Waals surface area (Å²) >= 11 is 3.26. The van der Waals surface area contributed by atoms with Gasteiger partial charge < -0.3 is 9.84 Å². The van der Waals surface area contributed by atoms with Crippen LogP contribution in [0.2, 0.25) is 0 Å². The van der Waals surface area contributed by atoms with Gasteiger partial charge in [-0.2, -0.15) is 10.1 Å². The van der Waals surface area contributed by atoms with Crippen LogP contribution in [0, 0.1) is 23.7 Å². The minimum Gasteiger partial charge on any atom is -0.503 e. The van der Waals surface area contributed by atoms with Gasteiger partial charge in [-0.1, -0.05) is 12.2 Å². The molecule has 1 aromatic carbocycles. The van der Waals surface area contributed by atoms with E-state index in [1.165, 1.54) is 6.21 Å².